The summed E-state index contributed by atoms with van der Waals surface area (Å²) in [7, 11) is 3.05. The normalized spacial score (nSPS) is 10.7. The van der Waals surface area contributed by atoms with E-state index in [-0.39, 0.29) is 0 Å². The van der Waals surface area contributed by atoms with Crippen molar-refractivity contribution in [2.24, 2.45) is 0 Å². The first kappa shape index (κ1) is 15.7. The maximum absolute atomic E-state index is 4.74. The molecule has 0 fully saturated rings. The molecule has 4 heteroatoms. The van der Waals surface area contributed by atoms with Crippen LogP contribution in [-0.2, 0) is 13.3 Å². The molecule has 0 saturated heterocycles. The van der Waals surface area contributed by atoms with E-state index in [4.69, 9.17) is 13.3 Å². The van der Waals surface area contributed by atoms with Crippen molar-refractivity contribution < 1.29 is 13.3 Å². The Morgan fingerprint density at radius 1 is 0.571 bits per heavy atom. The molecule has 0 atom stereocenters. The molecule has 3 aromatic rings. The van der Waals surface area contributed by atoms with Crippen LogP contribution >= 0.6 is 0 Å². The van der Waals surface area contributed by atoms with E-state index in [2.05, 4.69) is 60.7 Å². The van der Waals surface area contributed by atoms with Gasteiger partial charge in [-0.25, -0.2) is 0 Å². The number of benzene rings is 3. The van der Waals surface area contributed by atoms with Crippen LogP contribution in [0.25, 0.3) is 21.5 Å². The predicted octanol–water partition coefficient (Wildman–Crippen LogP) is 3.64. The summed E-state index contributed by atoms with van der Waals surface area (Å²) in [4.78, 5) is 0. The highest BCUT2D eigenvalue weighted by molar-refractivity contribution is 6.36. The van der Waals surface area contributed by atoms with Crippen molar-refractivity contribution >= 4 is 31.1 Å². The van der Waals surface area contributed by atoms with Gasteiger partial charge < -0.3 is 13.3 Å². The van der Waals surface area contributed by atoms with Crippen LogP contribution in [0.4, 0.5) is 0 Å². The summed E-state index contributed by atoms with van der Waals surface area (Å²) in [6.45, 7) is 0. The fraction of sp³-hybridized carbons (Fsp3) is 0.176. The van der Waals surface area contributed by atoms with Crippen LogP contribution in [0.5, 0.6) is 0 Å². The minimum Gasteiger partial charge on any atom is -0.379 e. The highest BCUT2D eigenvalue weighted by Crippen LogP contribution is 2.21. The third-order valence-electron chi connectivity index (χ3n) is 3.19. The first-order chi connectivity index (χ1) is 10.3. The second-order valence-electron chi connectivity index (χ2n) is 4.54. The third kappa shape index (κ3) is 4.12. The van der Waals surface area contributed by atoms with Crippen LogP contribution in [0.2, 0.25) is 0 Å². The molecule has 0 aromatic heterocycles. The molecule has 0 aliphatic carbocycles. The lowest BCUT2D eigenvalue weighted by molar-refractivity contribution is 0.163. The van der Waals surface area contributed by atoms with Crippen LogP contribution in [-0.4, -0.2) is 30.9 Å². The van der Waals surface area contributed by atoms with Gasteiger partial charge in [-0.3, -0.25) is 0 Å². The second-order valence-corrected chi connectivity index (χ2v) is 6.53. The van der Waals surface area contributed by atoms with E-state index in [1.54, 1.807) is 21.3 Å². The Hall–Kier alpha value is -1.72. The van der Waals surface area contributed by atoms with E-state index in [0.717, 1.165) is 0 Å². The minimum absolute atomic E-state index is 1.31. The molecule has 0 radical (unpaired) electrons. The van der Waals surface area contributed by atoms with Gasteiger partial charge in [-0.1, -0.05) is 48.5 Å². The molecule has 0 aliphatic rings. The maximum Gasteiger partial charge on any atom is 0.483 e. The molecule has 0 N–H and O–H groups in total. The third-order valence-corrected chi connectivity index (χ3v) is 4.35. The zero-order valence-electron chi connectivity index (χ0n) is 12.6. The van der Waals surface area contributed by atoms with Gasteiger partial charge in [-0.05, 0) is 33.7 Å². The highest BCUT2D eigenvalue weighted by atomic mass is 28.3. The Labute approximate surface area is 127 Å². The van der Waals surface area contributed by atoms with Crippen molar-refractivity contribution in [1.82, 2.24) is 0 Å². The van der Waals surface area contributed by atoms with Crippen LogP contribution in [0, 0.1) is 0 Å². The molecule has 3 aromatic carbocycles. The Bertz CT molecular complexity index is 585. The average Bonchev–Trinajstić information content (AvgIpc) is 2.55. The van der Waals surface area contributed by atoms with E-state index >= 15 is 0 Å². The highest BCUT2D eigenvalue weighted by Gasteiger charge is 2.04. The van der Waals surface area contributed by atoms with Gasteiger partial charge in [0.05, 0.1) is 0 Å². The molecule has 0 aliphatic heterocycles. The van der Waals surface area contributed by atoms with Gasteiger partial charge in [0, 0.05) is 21.3 Å². The Morgan fingerprint density at radius 2 is 0.857 bits per heavy atom. The van der Waals surface area contributed by atoms with Crippen molar-refractivity contribution in [3.63, 3.8) is 0 Å². The first-order valence-corrected chi connectivity index (χ1v) is 8.16. The average molecular weight is 300 g/mol. The lowest BCUT2D eigenvalue weighted by atomic mass is 10.0. The van der Waals surface area contributed by atoms with E-state index in [9.17, 15) is 0 Å². The summed E-state index contributed by atoms with van der Waals surface area (Å²) in [5.41, 5.74) is 0. The lowest BCUT2D eigenvalue weighted by Crippen LogP contribution is -2.21. The first-order valence-electron chi connectivity index (χ1n) is 6.74. The lowest BCUT2D eigenvalue weighted by Gasteiger charge is -2.05. The molecule has 110 valence electrons. The van der Waals surface area contributed by atoms with Gasteiger partial charge in [0.2, 0.25) is 0 Å². The topological polar surface area (TPSA) is 27.7 Å². The molecule has 0 heterocycles. The zero-order valence-corrected chi connectivity index (χ0v) is 13.7. The monoisotopic (exact) mass is 300 g/mol. The molecule has 21 heavy (non-hydrogen) atoms. The molecule has 0 amide bonds. The summed E-state index contributed by atoms with van der Waals surface area (Å²) in [6.07, 6.45) is 0. The molecule has 3 nitrogen and oxygen atoms in total. The molecular weight excluding hydrogens is 280 g/mol. The Morgan fingerprint density at radius 3 is 1.05 bits per heavy atom. The van der Waals surface area contributed by atoms with Crippen molar-refractivity contribution in [2.75, 3.05) is 21.3 Å². The molecule has 0 saturated carbocycles. The standard InChI is InChI=1S/C14H10.C3H10O3Si/c1-2-6-12-10-14-8-4-3-7-13(14)9-11(12)5-1;1-4-7(5-2)6-3/h1-10H;7H,1-3H3. The summed E-state index contributed by atoms with van der Waals surface area (Å²) < 4.78 is 14.2. The van der Waals surface area contributed by atoms with Crippen molar-refractivity contribution in [2.45, 2.75) is 0 Å². The van der Waals surface area contributed by atoms with Gasteiger partial charge in [-0.15, -0.1) is 0 Å². The summed E-state index contributed by atoms with van der Waals surface area (Å²) >= 11 is 0. The maximum atomic E-state index is 4.74. The van der Waals surface area contributed by atoms with Gasteiger partial charge in [-0.2, -0.15) is 0 Å². The van der Waals surface area contributed by atoms with Crippen LogP contribution in [0.15, 0.2) is 60.7 Å². The van der Waals surface area contributed by atoms with Crippen molar-refractivity contribution in [1.29, 1.82) is 0 Å². The van der Waals surface area contributed by atoms with Gasteiger partial charge in [0.15, 0.2) is 0 Å². The molecule has 0 bridgehead atoms. The number of rotatable bonds is 3. The van der Waals surface area contributed by atoms with E-state index in [1.807, 2.05) is 0 Å². The van der Waals surface area contributed by atoms with E-state index in [1.165, 1.54) is 21.5 Å². The minimum atomic E-state index is -1.67. The van der Waals surface area contributed by atoms with Crippen molar-refractivity contribution in [3.8, 4) is 0 Å². The molecular formula is C17H20O3Si. The fourth-order valence-electron chi connectivity index (χ4n) is 2.17. The summed E-state index contributed by atoms with van der Waals surface area (Å²) in [5, 5.41) is 5.25. The zero-order chi connectivity index (χ0) is 15.1. The largest absolute Gasteiger partial charge is 0.483 e. The molecule has 0 spiro atoms. The summed E-state index contributed by atoms with van der Waals surface area (Å²) in [5.74, 6) is 0. The molecule has 0 unspecified atom stereocenters. The van der Waals surface area contributed by atoms with Crippen molar-refractivity contribution in [3.05, 3.63) is 60.7 Å². The van der Waals surface area contributed by atoms with Gasteiger partial charge >= 0.3 is 9.53 Å². The Kier molecular flexibility index (Phi) is 5.89. The predicted molar refractivity (Wildman–Crippen MR) is 89.6 cm³/mol. The van der Waals surface area contributed by atoms with Crippen LogP contribution in [0.1, 0.15) is 0 Å². The molecule has 3 rings (SSSR count). The number of hydrogen-bond donors (Lipinski definition) is 0. The smallest absolute Gasteiger partial charge is 0.379 e. The van der Waals surface area contributed by atoms with E-state index in [0.29, 0.717) is 0 Å². The second kappa shape index (κ2) is 7.90. The van der Waals surface area contributed by atoms with Gasteiger partial charge in [0.1, 0.15) is 0 Å². The van der Waals surface area contributed by atoms with Gasteiger partial charge in [0.25, 0.3) is 0 Å². The quantitative estimate of drug-likeness (QED) is 0.546. The number of fused-ring (bicyclic) bond motifs is 2. The number of hydrogen-bond acceptors (Lipinski definition) is 3. The van der Waals surface area contributed by atoms with Crippen LogP contribution in [0.3, 0.4) is 0 Å². The fourth-order valence-corrected chi connectivity index (χ4v) is 2.75. The van der Waals surface area contributed by atoms with Crippen LogP contribution < -0.4 is 0 Å². The SMILES string of the molecule is CO[SiH](OC)OC.c1ccc2cc3ccccc3cc2c1. The van der Waals surface area contributed by atoms with E-state index < -0.39 is 9.53 Å². The Balaban J connectivity index is 0.000000199. The summed E-state index contributed by atoms with van der Waals surface area (Å²) in [6, 6.07) is 21.4.